The predicted molar refractivity (Wildman–Crippen MR) is 88.4 cm³/mol. The molecule has 0 radical (unpaired) electrons. The summed E-state index contributed by atoms with van der Waals surface area (Å²) < 4.78 is 14.5. The third kappa shape index (κ3) is 3.54. The lowest BCUT2D eigenvalue weighted by Gasteiger charge is -2.20. The molecule has 1 aliphatic rings. The van der Waals surface area contributed by atoms with Gasteiger partial charge in [0, 0.05) is 18.8 Å². The van der Waals surface area contributed by atoms with E-state index in [2.05, 4.69) is 5.10 Å². The highest BCUT2D eigenvalue weighted by molar-refractivity contribution is 5.92. The summed E-state index contributed by atoms with van der Waals surface area (Å²) in [6.45, 7) is 3.31. The highest BCUT2D eigenvalue weighted by Crippen LogP contribution is 2.23. The minimum absolute atomic E-state index is 0. The summed E-state index contributed by atoms with van der Waals surface area (Å²) in [5.74, 6) is -0.0200. The van der Waals surface area contributed by atoms with Gasteiger partial charge in [-0.05, 0) is 56.1 Å². The Morgan fingerprint density at radius 3 is 2.65 bits per heavy atom. The molecule has 2 aromatic rings. The van der Waals surface area contributed by atoms with E-state index in [0.29, 0.717) is 24.7 Å². The quantitative estimate of drug-likeness (QED) is 0.933. The fraction of sp³-hybridized carbons (Fsp3) is 0.375. The van der Waals surface area contributed by atoms with Crippen molar-refractivity contribution in [1.82, 2.24) is 14.7 Å². The van der Waals surface area contributed by atoms with Crippen molar-refractivity contribution >= 4 is 18.3 Å². The number of carbonyl (C=O) groups excluding carboxylic acids is 1. The first-order chi connectivity index (χ1) is 10.6. The van der Waals surface area contributed by atoms with E-state index in [0.717, 1.165) is 12.1 Å². The molecule has 1 aliphatic heterocycles. The van der Waals surface area contributed by atoms with Crippen LogP contribution in [0.15, 0.2) is 36.5 Å². The first-order valence-electron chi connectivity index (χ1n) is 7.41. The van der Waals surface area contributed by atoms with Gasteiger partial charge in [-0.15, -0.1) is 12.4 Å². The number of nitrogens with two attached hydrogens (primary N) is 1. The fourth-order valence-corrected chi connectivity index (χ4v) is 2.92. The number of hydrogen-bond donors (Lipinski definition) is 1. The van der Waals surface area contributed by atoms with Gasteiger partial charge in [0.25, 0.3) is 5.91 Å². The Bertz CT molecular complexity index is 673. The molecule has 1 saturated heterocycles. The van der Waals surface area contributed by atoms with Crippen molar-refractivity contribution in [2.75, 3.05) is 13.1 Å². The molecular weight excluding hydrogens is 319 g/mol. The molecule has 0 bridgehead atoms. The number of nitrogens with zero attached hydrogens (tertiary/aromatic N) is 3. The van der Waals surface area contributed by atoms with Gasteiger partial charge in [0.15, 0.2) is 5.69 Å². The molecule has 2 atom stereocenters. The van der Waals surface area contributed by atoms with E-state index in [9.17, 15) is 9.18 Å². The van der Waals surface area contributed by atoms with Crippen LogP contribution in [0.4, 0.5) is 4.39 Å². The van der Waals surface area contributed by atoms with Crippen molar-refractivity contribution < 1.29 is 9.18 Å². The second kappa shape index (κ2) is 7.10. The second-order valence-corrected chi connectivity index (χ2v) is 5.77. The molecule has 3 rings (SSSR count). The van der Waals surface area contributed by atoms with Crippen LogP contribution in [0, 0.1) is 11.7 Å². The van der Waals surface area contributed by atoms with Gasteiger partial charge < -0.3 is 10.6 Å². The molecule has 1 aromatic carbocycles. The maximum atomic E-state index is 13.0. The van der Waals surface area contributed by atoms with Crippen LogP contribution in [-0.4, -0.2) is 39.7 Å². The molecule has 1 amide bonds. The number of likely N-dealkylation sites (tertiary alicyclic amines) is 1. The normalized spacial score (nSPS) is 20.4. The molecule has 0 spiro atoms. The Morgan fingerprint density at radius 2 is 2.04 bits per heavy atom. The third-order valence-corrected chi connectivity index (χ3v) is 4.15. The van der Waals surface area contributed by atoms with E-state index < -0.39 is 0 Å². The van der Waals surface area contributed by atoms with Gasteiger partial charge in [-0.25, -0.2) is 9.07 Å². The zero-order valence-corrected chi connectivity index (χ0v) is 13.7. The number of rotatable bonds is 3. The predicted octanol–water partition coefficient (Wildman–Crippen LogP) is 2.24. The number of halogens is 2. The summed E-state index contributed by atoms with van der Waals surface area (Å²) in [5.41, 5.74) is 6.82. The molecule has 1 fully saturated rings. The summed E-state index contributed by atoms with van der Waals surface area (Å²) in [7, 11) is 0. The van der Waals surface area contributed by atoms with E-state index in [-0.39, 0.29) is 30.2 Å². The van der Waals surface area contributed by atoms with E-state index in [4.69, 9.17) is 5.73 Å². The maximum absolute atomic E-state index is 13.0. The highest BCUT2D eigenvalue weighted by Gasteiger charge is 2.32. The van der Waals surface area contributed by atoms with Crippen LogP contribution < -0.4 is 5.73 Å². The minimum Gasteiger partial charge on any atom is -0.334 e. The number of hydrogen-bond acceptors (Lipinski definition) is 3. The monoisotopic (exact) mass is 338 g/mol. The third-order valence-electron chi connectivity index (χ3n) is 4.15. The van der Waals surface area contributed by atoms with Crippen LogP contribution in [0.25, 0.3) is 5.69 Å². The number of aromatic nitrogens is 2. The van der Waals surface area contributed by atoms with Gasteiger partial charge in [-0.2, -0.15) is 5.10 Å². The van der Waals surface area contributed by atoms with Gasteiger partial charge in [0.2, 0.25) is 0 Å². The van der Waals surface area contributed by atoms with Gasteiger partial charge in [0.05, 0.1) is 5.69 Å². The van der Waals surface area contributed by atoms with Crippen LogP contribution in [-0.2, 0) is 0 Å². The molecule has 1 aromatic heterocycles. The smallest absolute Gasteiger partial charge is 0.274 e. The number of benzene rings is 1. The van der Waals surface area contributed by atoms with Crippen molar-refractivity contribution in [3.63, 3.8) is 0 Å². The standard InChI is InChI=1S/C16H19FN4O.ClH/c1-11-8-12(9-18)10-20(11)16(22)15-6-7-21(19-15)14-4-2-13(17)3-5-14;/h2-7,11-12H,8-10,18H2,1H3;1H. The zero-order valence-electron chi connectivity index (χ0n) is 12.9. The highest BCUT2D eigenvalue weighted by atomic mass is 35.5. The summed E-state index contributed by atoms with van der Waals surface area (Å²) in [6, 6.07) is 7.85. The molecule has 5 nitrogen and oxygen atoms in total. The van der Waals surface area contributed by atoms with Gasteiger partial charge >= 0.3 is 0 Å². The summed E-state index contributed by atoms with van der Waals surface area (Å²) in [6.07, 6.45) is 2.64. The fourth-order valence-electron chi connectivity index (χ4n) is 2.92. The maximum Gasteiger partial charge on any atom is 0.274 e. The Hall–Kier alpha value is -1.92. The first kappa shape index (κ1) is 17.4. The van der Waals surface area contributed by atoms with Crippen molar-refractivity contribution in [2.45, 2.75) is 19.4 Å². The summed E-state index contributed by atoms with van der Waals surface area (Å²) in [4.78, 5) is 14.4. The number of carbonyl (C=O) groups is 1. The van der Waals surface area contributed by atoms with Crippen molar-refractivity contribution in [3.05, 3.63) is 48.0 Å². The average molecular weight is 339 g/mol. The molecular formula is C16H20ClFN4O. The molecule has 124 valence electrons. The van der Waals surface area contributed by atoms with Gasteiger partial charge in [-0.1, -0.05) is 0 Å². The Labute approximate surface area is 140 Å². The van der Waals surface area contributed by atoms with Crippen molar-refractivity contribution in [2.24, 2.45) is 11.7 Å². The molecule has 0 saturated carbocycles. The number of amides is 1. The van der Waals surface area contributed by atoms with Gasteiger partial charge in [-0.3, -0.25) is 4.79 Å². The van der Waals surface area contributed by atoms with E-state index >= 15 is 0 Å². The van der Waals surface area contributed by atoms with E-state index in [1.807, 2.05) is 11.8 Å². The van der Waals surface area contributed by atoms with Crippen LogP contribution in [0.1, 0.15) is 23.8 Å². The molecule has 2 N–H and O–H groups in total. The van der Waals surface area contributed by atoms with Crippen molar-refractivity contribution in [3.8, 4) is 5.69 Å². The summed E-state index contributed by atoms with van der Waals surface area (Å²) in [5, 5.41) is 4.31. The topological polar surface area (TPSA) is 64.2 Å². The van der Waals surface area contributed by atoms with E-state index in [1.54, 1.807) is 29.1 Å². The van der Waals surface area contributed by atoms with Crippen LogP contribution >= 0.6 is 12.4 Å². The lowest BCUT2D eigenvalue weighted by atomic mass is 10.1. The first-order valence-corrected chi connectivity index (χ1v) is 7.41. The Kier molecular flexibility index (Phi) is 5.38. The lowest BCUT2D eigenvalue weighted by molar-refractivity contribution is 0.0737. The van der Waals surface area contributed by atoms with Gasteiger partial charge in [0.1, 0.15) is 5.82 Å². The van der Waals surface area contributed by atoms with Crippen LogP contribution in [0.2, 0.25) is 0 Å². The zero-order chi connectivity index (χ0) is 15.7. The lowest BCUT2D eigenvalue weighted by Crippen LogP contribution is -2.34. The van der Waals surface area contributed by atoms with Crippen LogP contribution in [0.5, 0.6) is 0 Å². The minimum atomic E-state index is -0.300. The molecule has 23 heavy (non-hydrogen) atoms. The average Bonchev–Trinajstić information content (AvgIpc) is 3.14. The summed E-state index contributed by atoms with van der Waals surface area (Å²) >= 11 is 0. The molecule has 0 aliphatic carbocycles. The SMILES string of the molecule is CC1CC(CN)CN1C(=O)c1ccn(-c2ccc(F)cc2)n1.Cl. The second-order valence-electron chi connectivity index (χ2n) is 5.77. The Balaban J connectivity index is 0.00000192. The molecule has 2 unspecified atom stereocenters. The largest absolute Gasteiger partial charge is 0.334 e. The van der Waals surface area contributed by atoms with Crippen LogP contribution in [0.3, 0.4) is 0 Å². The molecule has 7 heteroatoms. The van der Waals surface area contributed by atoms with E-state index in [1.165, 1.54) is 12.1 Å². The Morgan fingerprint density at radius 1 is 1.35 bits per heavy atom. The van der Waals surface area contributed by atoms with Crippen molar-refractivity contribution in [1.29, 1.82) is 0 Å². The molecule has 2 heterocycles.